The fourth-order valence-corrected chi connectivity index (χ4v) is 1.66. The highest BCUT2D eigenvalue weighted by molar-refractivity contribution is 5.89. The summed E-state index contributed by atoms with van der Waals surface area (Å²) in [5, 5.41) is 10.8. The highest BCUT2D eigenvalue weighted by Crippen LogP contribution is 2.18. The first kappa shape index (κ1) is 16.4. The topological polar surface area (TPSA) is 88.3 Å². The number of ether oxygens (including phenoxy) is 1. The Labute approximate surface area is 122 Å². The number of guanidine groups is 1. The predicted molar refractivity (Wildman–Crippen MR) is 78.1 cm³/mol. The van der Waals surface area contributed by atoms with Crippen LogP contribution in [-0.2, 0) is 11.3 Å². The maximum absolute atomic E-state index is 11.7. The molecule has 21 heavy (non-hydrogen) atoms. The Hall–Kier alpha value is -2.64. The van der Waals surface area contributed by atoms with Crippen molar-refractivity contribution in [2.24, 2.45) is 4.99 Å². The number of hydrogen-bond acceptors (Lipinski definition) is 4. The molecule has 8 heteroatoms. The molecule has 0 unspecified atom stereocenters. The minimum absolute atomic E-state index is 0.0882. The van der Waals surface area contributed by atoms with Gasteiger partial charge in [0.25, 0.3) is 5.69 Å². The number of nitrogens with zero attached hydrogens (tertiary/aromatic N) is 4. The molecular formula is C13H18N4O4. The molecule has 0 N–H and O–H groups in total. The number of aliphatic imine (C=N–C) groups is 1. The van der Waals surface area contributed by atoms with Crippen LogP contribution in [0.15, 0.2) is 29.3 Å². The molecule has 8 nitrogen and oxygen atoms in total. The van der Waals surface area contributed by atoms with Gasteiger partial charge in [-0.05, 0) is 6.07 Å². The number of rotatable bonds is 3. The first-order chi connectivity index (χ1) is 9.82. The average molecular weight is 294 g/mol. The molecular weight excluding hydrogens is 276 g/mol. The molecule has 1 rings (SSSR count). The lowest BCUT2D eigenvalue weighted by molar-refractivity contribution is -0.385. The lowest BCUT2D eigenvalue weighted by atomic mass is 10.2. The highest BCUT2D eigenvalue weighted by atomic mass is 16.6. The second-order valence-electron chi connectivity index (χ2n) is 4.64. The zero-order valence-electron chi connectivity index (χ0n) is 12.4. The van der Waals surface area contributed by atoms with E-state index in [4.69, 9.17) is 4.74 Å². The molecule has 1 amide bonds. The molecule has 0 spiro atoms. The van der Waals surface area contributed by atoms with Crippen LogP contribution in [-0.4, -0.2) is 55.0 Å². The number of benzene rings is 1. The van der Waals surface area contributed by atoms with E-state index in [9.17, 15) is 14.9 Å². The standard InChI is InChI=1S/C13H18N4O4/c1-15(2)12(16(3)4)14-13(18)21-9-10-7-5-6-8-11(10)17(19)20/h5-8H,9H2,1-4H3. The fraction of sp³-hybridized carbons (Fsp3) is 0.385. The second kappa shape index (κ2) is 7.22. The number of nitro groups is 1. The Morgan fingerprint density at radius 1 is 1.24 bits per heavy atom. The smallest absolute Gasteiger partial charge is 0.437 e. The quantitative estimate of drug-likeness (QED) is 0.365. The van der Waals surface area contributed by atoms with Crippen LogP contribution in [0.3, 0.4) is 0 Å². The average Bonchev–Trinajstić information content (AvgIpc) is 2.42. The summed E-state index contributed by atoms with van der Waals surface area (Å²) in [5.74, 6) is 0.419. The zero-order chi connectivity index (χ0) is 16.0. The molecule has 0 saturated heterocycles. The lowest BCUT2D eigenvalue weighted by Crippen LogP contribution is -2.36. The van der Waals surface area contributed by atoms with E-state index in [1.54, 1.807) is 50.1 Å². The highest BCUT2D eigenvalue weighted by Gasteiger charge is 2.15. The fourth-order valence-electron chi connectivity index (χ4n) is 1.66. The maximum atomic E-state index is 11.7. The molecule has 1 aromatic carbocycles. The number of hydrogen-bond donors (Lipinski definition) is 0. The van der Waals surface area contributed by atoms with Crippen molar-refractivity contribution in [3.63, 3.8) is 0 Å². The summed E-state index contributed by atoms with van der Waals surface area (Å²) >= 11 is 0. The summed E-state index contributed by atoms with van der Waals surface area (Å²) in [6.07, 6.45) is -0.800. The molecule has 0 radical (unpaired) electrons. The Morgan fingerprint density at radius 3 is 2.33 bits per heavy atom. The molecule has 0 aliphatic carbocycles. The van der Waals surface area contributed by atoms with E-state index in [1.165, 1.54) is 12.1 Å². The van der Waals surface area contributed by atoms with Crippen LogP contribution in [0.25, 0.3) is 0 Å². The molecule has 114 valence electrons. The predicted octanol–water partition coefficient (Wildman–Crippen LogP) is 1.71. The third kappa shape index (κ3) is 4.75. The minimum atomic E-state index is -0.800. The molecule has 0 bridgehead atoms. The van der Waals surface area contributed by atoms with Gasteiger partial charge < -0.3 is 14.5 Å². The first-order valence-electron chi connectivity index (χ1n) is 6.15. The molecule has 0 atom stereocenters. The van der Waals surface area contributed by atoms with Crippen LogP contribution in [0.5, 0.6) is 0 Å². The summed E-state index contributed by atoms with van der Waals surface area (Å²) < 4.78 is 4.97. The van der Waals surface area contributed by atoms with Crippen LogP contribution >= 0.6 is 0 Å². The maximum Gasteiger partial charge on any atom is 0.437 e. The van der Waals surface area contributed by atoms with Gasteiger partial charge in [0.1, 0.15) is 6.61 Å². The molecule has 0 heterocycles. The van der Waals surface area contributed by atoms with E-state index < -0.39 is 11.0 Å². The molecule has 0 aliphatic rings. The minimum Gasteiger partial charge on any atom is -0.443 e. The number of para-hydroxylation sites is 1. The van der Waals surface area contributed by atoms with Gasteiger partial charge in [0, 0.05) is 34.3 Å². The third-order valence-corrected chi connectivity index (χ3v) is 2.53. The van der Waals surface area contributed by atoms with Gasteiger partial charge in [-0.3, -0.25) is 10.1 Å². The Kier molecular flexibility index (Phi) is 5.65. The van der Waals surface area contributed by atoms with Gasteiger partial charge in [-0.25, -0.2) is 4.79 Å². The van der Waals surface area contributed by atoms with Crippen molar-refractivity contribution in [1.29, 1.82) is 0 Å². The summed E-state index contributed by atoms with van der Waals surface area (Å²) in [6, 6.07) is 6.09. The van der Waals surface area contributed by atoms with Gasteiger partial charge in [0.2, 0.25) is 5.96 Å². The lowest BCUT2D eigenvalue weighted by Gasteiger charge is -2.21. The first-order valence-corrected chi connectivity index (χ1v) is 6.15. The molecule has 0 fully saturated rings. The van der Waals surface area contributed by atoms with Crippen molar-refractivity contribution < 1.29 is 14.5 Å². The van der Waals surface area contributed by atoms with Gasteiger partial charge >= 0.3 is 6.09 Å². The van der Waals surface area contributed by atoms with Gasteiger partial charge in [0.15, 0.2) is 0 Å². The van der Waals surface area contributed by atoms with Crippen LogP contribution in [0.1, 0.15) is 5.56 Å². The largest absolute Gasteiger partial charge is 0.443 e. The second-order valence-corrected chi connectivity index (χ2v) is 4.64. The van der Waals surface area contributed by atoms with Crippen molar-refractivity contribution in [2.45, 2.75) is 6.61 Å². The van der Waals surface area contributed by atoms with E-state index in [1.807, 2.05) is 0 Å². The van der Waals surface area contributed by atoms with Crippen molar-refractivity contribution >= 4 is 17.7 Å². The van der Waals surface area contributed by atoms with E-state index in [0.717, 1.165) is 0 Å². The third-order valence-electron chi connectivity index (χ3n) is 2.53. The van der Waals surface area contributed by atoms with E-state index in [0.29, 0.717) is 11.5 Å². The van der Waals surface area contributed by atoms with E-state index in [-0.39, 0.29) is 12.3 Å². The van der Waals surface area contributed by atoms with Gasteiger partial charge in [-0.2, -0.15) is 0 Å². The van der Waals surface area contributed by atoms with Crippen molar-refractivity contribution in [3.8, 4) is 0 Å². The Balaban J connectivity index is 2.78. The summed E-state index contributed by atoms with van der Waals surface area (Å²) in [7, 11) is 6.98. The Morgan fingerprint density at radius 2 is 1.81 bits per heavy atom. The van der Waals surface area contributed by atoms with Crippen LogP contribution in [0.4, 0.5) is 10.5 Å². The zero-order valence-corrected chi connectivity index (χ0v) is 12.4. The molecule has 0 aromatic heterocycles. The Bertz CT molecular complexity index is 545. The van der Waals surface area contributed by atoms with Gasteiger partial charge in [-0.1, -0.05) is 12.1 Å². The van der Waals surface area contributed by atoms with Gasteiger partial charge in [-0.15, -0.1) is 4.99 Å². The van der Waals surface area contributed by atoms with Crippen molar-refractivity contribution in [2.75, 3.05) is 28.2 Å². The summed E-state index contributed by atoms with van der Waals surface area (Å²) in [6.45, 7) is -0.201. The van der Waals surface area contributed by atoms with Crippen LogP contribution < -0.4 is 0 Å². The van der Waals surface area contributed by atoms with Crippen molar-refractivity contribution in [3.05, 3.63) is 39.9 Å². The number of carbonyl (C=O) groups is 1. The van der Waals surface area contributed by atoms with E-state index in [2.05, 4.69) is 4.99 Å². The molecule has 1 aromatic rings. The molecule has 0 aliphatic heterocycles. The number of amides is 1. The van der Waals surface area contributed by atoms with E-state index >= 15 is 0 Å². The monoisotopic (exact) mass is 294 g/mol. The van der Waals surface area contributed by atoms with Gasteiger partial charge in [0.05, 0.1) is 10.5 Å². The molecule has 0 saturated carbocycles. The number of carbonyl (C=O) groups excluding carboxylic acids is 1. The van der Waals surface area contributed by atoms with Crippen LogP contribution in [0.2, 0.25) is 0 Å². The van der Waals surface area contributed by atoms with Crippen molar-refractivity contribution in [1.82, 2.24) is 9.80 Å². The normalized spacial score (nSPS) is 9.71. The summed E-state index contributed by atoms with van der Waals surface area (Å²) in [5.41, 5.74) is 0.233. The number of nitro benzene ring substituents is 1. The van der Waals surface area contributed by atoms with Crippen LogP contribution in [0, 0.1) is 10.1 Å². The summed E-state index contributed by atoms with van der Waals surface area (Å²) in [4.78, 5) is 29.1. The SMILES string of the molecule is CN(C)C(=NC(=O)OCc1ccccc1[N+](=O)[O-])N(C)C.